The molecule has 5 atom stereocenters. The second-order valence-corrected chi connectivity index (χ2v) is 9.99. The maximum absolute atomic E-state index is 13.0. The Hall–Kier alpha value is -5.28. The molecular weight excluding hydrogens is 584 g/mol. The lowest BCUT2D eigenvalue weighted by molar-refractivity contribution is -0.234. The van der Waals surface area contributed by atoms with E-state index in [1.54, 1.807) is 0 Å². The Kier molecular flexibility index (Phi) is 8.08. The summed E-state index contributed by atoms with van der Waals surface area (Å²) in [5, 5.41) is 91.3. The molecule has 14 nitrogen and oxygen atoms in total. The summed E-state index contributed by atoms with van der Waals surface area (Å²) < 4.78 is 16.4. The van der Waals surface area contributed by atoms with E-state index >= 15 is 0 Å². The van der Waals surface area contributed by atoms with Crippen molar-refractivity contribution in [3.8, 4) is 45.8 Å². The Bertz CT molecular complexity index is 1830. The summed E-state index contributed by atoms with van der Waals surface area (Å²) in [4.78, 5) is 25.3. The van der Waals surface area contributed by atoms with E-state index in [0.717, 1.165) is 24.3 Å². The Balaban J connectivity index is 1.40. The molecule has 1 aliphatic rings. The van der Waals surface area contributed by atoms with Crippen LogP contribution in [0.4, 0.5) is 0 Å². The SMILES string of the molecule is O=C(/C=C/c1ccc(O)c(O)c1)OC[C@H]1OC(c2c(O)cc3oc(-c4ccc(O)c(O)c4)cc(=O)c3c2O)[C@H](O)[C@@H](O)[C@@H]1O. The van der Waals surface area contributed by atoms with E-state index in [1.807, 2.05) is 0 Å². The van der Waals surface area contributed by atoms with Crippen LogP contribution in [0.25, 0.3) is 28.4 Å². The van der Waals surface area contributed by atoms with Crippen molar-refractivity contribution >= 4 is 23.0 Å². The molecular formula is C30H26O14. The Labute approximate surface area is 246 Å². The highest BCUT2D eigenvalue weighted by molar-refractivity contribution is 5.88. The Morgan fingerprint density at radius 1 is 0.795 bits per heavy atom. The van der Waals surface area contributed by atoms with Crippen molar-refractivity contribution in [1.82, 2.24) is 0 Å². The minimum Gasteiger partial charge on any atom is -0.507 e. The lowest BCUT2D eigenvalue weighted by atomic mass is 9.89. The zero-order valence-corrected chi connectivity index (χ0v) is 22.4. The number of fused-ring (bicyclic) bond motifs is 1. The summed E-state index contributed by atoms with van der Waals surface area (Å²) in [6, 6.07) is 9.42. The number of carbonyl (C=O) groups is 1. The predicted molar refractivity (Wildman–Crippen MR) is 150 cm³/mol. The van der Waals surface area contributed by atoms with E-state index in [9.17, 15) is 55.5 Å². The van der Waals surface area contributed by atoms with E-state index in [1.165, 1.54) is 36.4 Å². The van der Waals surface area contributed by atoms with E-state index in [2.05, 4.69) is 0 Å². The van der Waals surface area contributed by atoms with E-state index < -0.39 is 88.2 Å². The van der Waals surface area contributed by atoms with Gasteiger partial charge in [0.25, 0.3) is 0 Å². The summed E-state index contributed by atoms with van der Waals surface area (Å²) in [6.07, 6.45) is -6.52. The predicted octanol–water partition coefficient (Wildman–Crippen LogP) is 1.47. The molecule has 0 spiro atoms. The summed E-state index contributed by atoms with van der Waals surface area (Å²) in [7, 11) is 0. The quantitative estimate of drug-likeness (QED) is 0.0852. The molecule has 0 bridgehead atoms. The first-order chi connectivity index (χ1) is 20.8. The van der Waals surface area contributed by atoms with Gasteiger partial charge >= 0.3 is 5.97 Å². The van der Waals surface area contributed by atoms with Gasteiger partial charge in [-0.05, 0) is 42.0 Å². The van der Waals surface area contributed by atoms with Crippen LogP contribution < -0.4 is 5.43 Å². The highest BCUT2D eigenvalue weighted by Gasteiger charge is 2.46. The van der Waals surface area contributed by atoms with E-state index in [0.29, 0.717) is 5.56 Å². The fourth-order valence-electron chi connectivity index (χ4n) is 4.75. The molecule has 2 heterocycles. The number of benzene rings is 3. The minimum absolute atomic E-state index is 0.0741. The third kappa shape index (κ3) is 5.69. The number of aromatic hydroxyl groups is 6. The average Bonchev–Trinajstić information content (AvgIpc) is 2.98. The molecule has 1 unspecified atom stereocenters. The van der Waals surface area contributed by atoms with Gasteiger partial charge in [0.2, 0.25) is 0 Å². The summed E-state index contributed by atoms with van der Waals surface area (Å²) in [6.45, 7) is -0.647. The molecule has 0 aliphatic carbocycles. The topological polar surface area (TPSA) is 248 Å². The first-order valence-electron chi connectivity index (χ1n) is 13.0. The second-order valence-electron chi connectivity index (χ2n) is 9.99. The molecule has 9 N–H and O–H groups in total. The summed E-state index contributed by atoms with van der Waals surface area (Å²) in [5.74, 6) is -4.21. The highest BCUT2D eigenvalue weighted by Crippen LogP contribution is 2.45. The van der Waals surface area contributed by atoms with Crippen molar-refractivity contribution in [2.24, 2.45) is 0 Å². The van der Waals surface area contributed by atoms with Crippen molar-refractivity contribution < 1.29 is 64.6 Å². The lowest BCUT2D eigenvalue weighted by Crippen LogP contribution is -2.55. The van der Waals surface area contributed by atoms with Crippen LogP contribution in [-0.2, 0) is 14.3 Å². The van der Waals surface area contributed by atoms with E-state index in [4.69, 9.17) is 13.9 Å². The van der Waals surface area contributed by atoms with Gasteiger partial charge in [-0.3, -0.25) is 4.79 Å². The van der Waals surface area contributed by atoms with Gasteiger partial charge in [-0.15, -0.1) is 0 Å². The smallest absolute Gasteiger partial charge is 0.330 e. The molecule has 14 heteroatoms. The van der Waals surface area contributed by atoms with Gasteiger partial charge in [-0.25, -0.2) is 4.79 Å². The van der Waals surface area contributed by atoms with Crippen molar-refractivity contribution in [2.45, 2.75) is 30.5 Å². The summed E-state index contributed by atoms with van der Waals surface area (Å²) >= 11 is 0. The van der Waals surface area contributed by atoms with Crippen LogP contribution in [0.1, 0.15) is 17.2 Å². The molecule has 1 saturated heterocycles. The first kappa shape index (κ1) is 30.2. The number of hydrogen-bond donors (Lipinski definition) is 9. The molecule has 1 aromatic heterocycles. The lowest BCUT2D eigenvalue weighted by Gasteiger charge is -2.40. The monoisotopic (exact) mass is 610 g/mol. The van der Waals surface area contributed by atoms with Gasteiger partial charge < -0.3 is 59.8 Å². The van der Waals surface area contributed by atoms with E-state index in [-0.39, 0.29) is 22.7 Å². The van der Waals surface area contributed by atoms with Crippen LogP contribution in [0.15, 0.2) is 63.8 Å². The van der Waals surface area contributed by atoms with Crippen LogP contribution in [0, 0.1) is 0 Å². The van der Waals surface area contributed by atoms with Gasteiger partial charge in [0.15, 0.2) is 28.4 Å². The number of phenolic OH excluding ortho intramolecular Hbond substituents is 6. The van der Waals surface area contributed by atoms with Crippen molar-refractivity contribution in [1.29, 1.82) is 0 Å². The molecule has 0 saturated carbocycles. The first-order valence-corrected chi connectivity index (χ1v) is 13.0. The zero-order valence-electron chi connectivity index (χ0n) is 22.4. The normalized spacial score (nSPS) is 21.9. The fraction of sp³-hybridized carbons (Fsp3) is 0.200. The third-order valence-electron chi connectivity index (χ3n) is 7.07. The number of esters is 1. The number of ether oxygens (including phenoxy) is 2. The summed E-state index contributed by atoms with van der Waals surface area (Å²) in [5.41, 5.74) is -1.05. The molecule has 4 aromatic rings. The van der Waals surface area contributed by atoms with Crippen LogP contribution in [-0.4, -0.2) is 83.0 Å². The van der Waals surface area contributed by atoms with Crippen molar-refractivity contribution in [3.05, 3.63) is 76.0 Å². The van der Waals surface area contributed by atoms with Crippen LogP contribution in [0.5, 0.6) is 34.5 Å². The number of hydrogen-bond acceptors (Lipinski definition) is 14. The number of rotatable bonds is 6. The number of carbonyl (C=O) groups excluding carboxylic acids is 1. The molecule has 3 aromatic carbocycles. The van der Waals surface area contributed by atoms with Gasteiger partial charge in [0.1, 0.15) is 65.4 Å². The van der Waals surface area contributed by atoms with Crippen LogP contribution in [0.3, 0.4) is 0 Å². The molecule has 230 valence electrons. The molecule has 44 heavy (non-hydrogen) atoms. The highest BCUT2D eigenvalue weighted by atomic mass is 16.6. The number of aliphatic hydroxyl groups excluding tert-OH is 3. The number of phenols is 6. The van der Waals surface area contributed by atoms with Gasteiger partial charge in [0.05, 0.1) is 5.56 Å². The molecule has 1 aliphatic heterocycles. The third-order valence-corrected chi connectivity index (χ3v) is 7.07. The van der Waals surface area contributed by atoms with Gasteiger partial charge in [0, 0.05) is 23.8 Å². The van der Waals surface area contributed by atoms with Gasteiger partial charge in [-0.2, -0.15) is 0 Å². The van der Waals surface area contributed by atoms with Crippen molar-refractivity contribution in [2.75, 3.05) is 6.61 Å². The minimum atomic E-state index is -1.92. The fourth-order valence-corrected chi connectivity index (χ4v) is 4.75. The largest absolute Gasteiger partial charge is 0.507 e. The van der Waals surface area contributed by atoms with Crippen LogP contribution >= 0.6 is 0 Å². The molecule has 5 rings (SSSR count). The molecule has 0 radical (unpaired) electrons. The maximum Gasteiger partial charge on any atom is 0.330 e. The molecule has 0 amide bonds. The number of aliphatic hydroxyl groups is 3. The second kappa shape index (κ2) is 11.8. The average molecular weight is 611 g/mol. The maximum atomic E-state index is 13.0. The standard InChI is InChI=1S/C30H26O14/c31-14-4-1-12(7-16(14)33)2-6-23(37)42-11-22-26(38)28(40)29(41)30(44-22)25-19(36)10-21-24(27(25)39)18(35)9-20(43-21)13-3-5-15(32)17(34)8-13/h1-10,22,26,28-34,36,38-41H,11H2/b6-2+/t22-,26-,28+,29-,30?/m1/s1. The Morgan fingerprint density at radius 3 is 2.16 bits per heavy atom. The Morgan fingerprint density at radius 2 is 1.48 bits per heavy atom. The van der Waals surface area contributed by atoms with Crippen LogP contribution in [0.2, 0.25) is 0 Å². The molecule has 1 fully saturated rings. The zero-order chi connectivity index (χ0) is 31.9. The van der Waals surface area contributed by atoms with Crippen molar-refractivity contribution in [3.63, 3.8) is 0 Å². The van der Waals surface area contributed by atoms with Gasteiger partial charge in [-0.1, -0.05) is 6.07 Å².